The molecule has 0 aliphatic heterocycles. The van der Waals surface area contributed by atoms with Crippen molar-refractivity contribution in [1.82, 2.24) is 9.88 Å². The van der Waals surface area contributed by atoms with Gasteiger partial charge in [0.2, 0.25) is 5.91 Å². The number of pyridine rings is 1. The van der Waals surface area contributed by atoms with E-state index in [1.165, 1.54) is 4.90 Å². The highest BCUT2D eigenvalue weighted by Gasteiger charge is 2.27. The van der Waals surface area contributed by atoms with Crippen LogP contribution < -0.4 is 15.8 Å². The number of anilines is 1. The Bertz CT molecular complexity index is 1310. The first kappa shape index (κ1) is 28.1. The Balaban J connectivity index is 1.54. The fourth-order valence-electron chi connectivity index (χ4n) is 5.34. The van der Waals surface area contributed by atoms with Gasteiger partial charge in [-0.05, 0) is 63.1 Å². The van der Waals surface area contributed by atoms with E-state index in [0.717, 1.165) is 53.6 Å². The van der Waals surface area contributed by atoms with E-state index >= 15 is 0 Å². The highest BCUT2D eigenvalue weighted by molar-refractivity contribution is 5.93. The first-order valence-electron chi connectivity index (χ1n) is 13.4. The van der Waals surface area contributed by atoms with E-state index in [9.17, 15) is 14.7 Å². The normalized spacial score (nSPS) is 17.4. The van der Waals surface area contributed by atoms with Crippen LogP contribution in [0.1, 0.15) is 51.5 Å². The van der Waals surface area contributed by atoms with E-state index in [4.69, 9.17) is 15.5 Å². The molecule has 1 aromatic heterocycles. The molecule has 3 aromatic rings. The smallest absolute Gasteiger partial charge is 0.407 e. The Kier molecular flexibility index (Phi) is 8.55. The number of aromatic nitrogens is 1. The van der Waals surface area contributed by atoms with Crippen LogP contribution in [-0.2, 0) is 10.3 Å². The summed E-state index contributed by atoms with van der Waals surface area (Å²) in [6, 6.07) is 17.9. The van der Waals surface area contributed by atoms with Gasteiger partial charge in [-0.15, -0.1) is 0 Å². The Labute approximate surface area is 230 Å². The van der Waals surface area contributed by atoms with Crippen molar-refractivity contribution in [1.29, 1.82) is 0 Å². The van der Waals surface area contributed by atoms with Crippen molar-refractivity contribution in [3.63, 3.8) is 0 Å². The minimum absolute atomic E-state index is 0.0237. The quantitative estimate of drug-likeness (QED) is 0.323. The molecule has 2 amide bonds. The monoisotopic (exact) mass is 530 g/mol. The summed E-state index contributed by atoms with van der Waals surface area (Å²) >= 11 is 0. The number of nitrogens with two attached hydrogens (primary N) is 1. The van der Waals surface area contributed by atoms with Crippen molar-refractivity contribution < 1.29 is 19.4 Å². The van der Waals surface area contributed by atoms with Gasteiger partial charge in [-0.25, -0.2) is 4.79 Å². The van der Waals surface area contributed by atoms with E-state index in [1.807, 2.05) is 68.4 Å². The van der Waals surface area contributed by atoms with Crippen LogP contribution in [0.4, 0.5) is 10.5 Å². The molecule has 4 rings (SSSR count). The molecule has 8 nitrogen and oxygen atoms in total. The molecule has 0 bridgehead atoms. The molecule has 0 spiro atoms. The van der Waals surface area contributed by atoms with Gasteiger partial charge in [0.1, 0.15) is 5.75 Å². The lowest BCUT2D eigenvalue weighted by atomic mass is 9.83. The Morgan fingerprint density at radius 3 is 2.38 bits per heavy atom. The number of rotatable bonds is 8. The van der Waals surface area contributed by atoms with E-state index in [1.54, 1.807) is 20.4 Å². The summed E-state index contributed by atoms with van der Waals surface area (Å²) in [5, 5.41) is 12.3. The fraction of sp³-hybridized carbons (Fsp3) is 0.387. The highest BCUT2D eigenvalue weighted by atomic mass is 16.5. The minimum atomic E-state index is -0.904. The molecule has 0 radical (unpaired) electrons. The second-order valence-corrected chi connectivity index (χ2v) is 10.9. The second-order valence-electron chi connectivity index (χ2n) is 10.9. The van der Waals surface area contributed by atoms with E-state index in [2.05, 4.69) is 5.32 Å². The van der Waals surface area contributed by atoms with Crippen LogP contribution in [0.3, 0.4) is 0 Å². The average molecular weight is 531 g/mol. The van der Waals surface area contributed by atoms with Crippen molar-refractivity contribution in [2.24, 2.45) is 11.7 Å². The maximum absolute atomic E-state index is 13.0. The summed E-state index contributed by atoms with van der Waals surface area (Å²) in [6.45, 7) is 3.88. The van der Waals surface area contributed by atoms with Gasteiger partial charge < -0.3 is 25.8 Å². The summed E-state index contributed by atoms with van der Waals surface area (Å²) in [5.74, 6) is 0.874. The van der Waals surface area contributed by atoms with Crippen molar-refractivity contribution in [3.8, 4) is 28.1 Å². The predicted molar refractivity (Wildman–Crippen MR) is 154 cm³/mol. The second kappa shape index (κ2) is 11.9. The van der Waals surface area contributed by atoms with E-state index in [0.29, 0.717) is 17.9 Å². The molecule has 2 aromatic carbocycles. The first-order chi connectivity index (χ1) is 18.6. The number of amides is 2. The number of nitrogens with one attached hydrogen (secondary N) is 1. The van der Waals surface area contributed by atoms with Crippen molar-refractivity contribution in [2.75, 3.05) is 19.5 Å². The van der Waals surface area contributed by atoms with Crippen LogP contribution in [0.5, 0.6) is 5.75 Å². The van der Waals surface area contributed by atoms with Crippen molar-refractivity contribution >= 4 is 17.7 Å². The SMILES string of the molecule is COc1cc(-c2ncc(NC(=O)CC3CCC(N(C)C(=O)O)CC3)cc2-c2ccccc2)ccc1C(C)(C)N. The van der Waals surface area contributed by atoms with E-state index < -0.39 is 11.6 Å². The van der Waals surface area contributed by atoms with Crippen LogP contribution in [0, 0.1) is 5.92 Å². The zero-order valence-electron chi connectivity index (χ0n) is 23.1. The number of carbonyl (C=O) groups is 2. The van der Waals surface area contributed by atoms with Gasteiger partial charge >= 0.3 is 6.09 Å². The maximum atomic E-state index is 13.0. The molecule has 4 N–H and O–H groups in total. The lowest BCUT2D eigenvalue weighted by Gasteiger charge is -2.32. The summed E-state index contributed by atoms with van der Waals surface area (Å²) in [4.78, 5) is 30.3. The molecular formula is C31H38N4O4. The molecule has 0 saturated heterocycles. The topological polar surface area (TPSA) is 118 Å². The molecule has 1 saturated carbocycles. The first-order valence-corrected chi connectivity index (χ1v) is 13.4. The van der Waals surface area contributed by atoms with E-state index in [-0.39, 0.29) is 17.9 Å². The maximum Gasteiger partial charge on any atom is 0.407 e. The van der Waals surface area contributed by atoms with Crippen LogP contribution in [0.15, 0.2) is 60.8 Å². The highest BCUT2D eigenvalue weighted by Crippen LogP contribution is 2.37. The predicted octanol–water partition coefficient (Wildman–Crippen LogP) is 6.12. The van der Waals surface area contributed by atoms with Gasteiger partial charge in [-0.2, -0.15) is 0 Å². The number of hydrogen-bond donors (Lipinski definition) is 3. The molecule has 1 aliphatic rings. The molecule has 1 heterocycles. The summed E-state index contributed by atoms with van der Waals surface area (Å²) < 4.78 is 5.66. The molecule has 8 heteroatoms. The number of benzene rings is 2. The Hall–Kier alpha value is -3.91. The molecule has 39 heavy (non-hydrogen) atoms. The number of ether oxygens (including phenoxy) is 1. The fourth-order valence-corrected chi connectivity index (χ4v) is 5.34. The Morgan fingerprint density at radius 1 is 1.08 bits per heavy atom. The lowest BCUT2D eigenvalue weighted by Crippen LogP contribution is -2.38. The van der Waals surface area contributed by atoms with Gasteiger partial charge in [0.25, 0.3) is 0 Å². The van der Waals surface area contributed by atoms with Gasteiger partial charge in [0.05, 0.1) is 24.7 Å². The number of carbonyl (C=O) groups excluding carboxylic acids is 1. The third kappa shape index (κ3) is 6.75. The minimum Gasteiger partial charge on any atom is -0.496 e. The van der Waals surface area contributed by atoms with Crippen LogP contribution in [-0.4, -0.2) is 47.2 Å². The van der Waals surface area contributed by atoms with Gasteiger partial charge in [-0.1, -0.05) is 42.5 Å². The van der Waals surface area contributed by atoms with Crippen molar-refractivity contribution in [3.05, 3.63) is 66.4 Å². The van der Waals surface area contributed by atoms with Crippen LogP contribution in [0.2, 0.25) is 0 Å². The van der Waals surface area contributed by atoms with Crippen molar-refractivity contribution in [2.45, 2.75) is 57.5 Å². The zero-order chi connectivity index (χ0) is 28.2. The molecule has 0 atom stereocenters. The summed E-state index contributed by atoms with van der Waals surface area (Å²) in [6.07, 6.45) is 4.40. The number of nitrogens with zero attached hydrogens (tertiary/aromatic N) is 2. The molecule has 206 valence electrons. The third-order valence-electron chi connectivity index (χ3n) is 7.57. The van der Waals surface area contributed by atoms with Crippen LogP contribution in [0.25, 0.3) is 22.4 Å². The number of methoxy groups -OCH3 is 1. The molecular weight excluding hydrogens is 492 g/mol. The van der Waals surface area contributed by atoms with Crippen LogP contribution >= 0.6 is 0 Å². The molecule has 1 aliphatic carbocycles. The zero-order valence-corrected chi connectivity index (χ0v) is 23.1. The molecule has 1 fully saturated rings. The number of carboxylic acid groups (broad SMARTS) is 1. The standard InChI is InChI=1S/C31H38N4O4/c1-31(2,32)26-15-12-22(17-27(26)39-4)29-25(21-8-6-5-7-9-21)18-23(19-33-29)34-28(36)16-20-10-13-24(14-11-20)35(3)30(37)38/h5-9,12,15,17-20,24H,10-11,13-14,16,32H2,1-4H3,(H,34,36)(H,37,38). The summed E-state index contributed by atoms with van der Waals surface area (Å²) in [5.41, 5.74) is 10.9. The van der Waals surface area contributed by atoms with Gasteiger partial charge in [0.15, 0.2) is 0 Å². The lowest BCUT2D eigenvalue weighted by molar-refractivity contribution is -0.117. The molecule has 0 unspecified atom stereocenters. The van der Waals surface area contributed by atoms with Gasteiger partial charge in [-0.3, -0.25) is 9.78 Å². The average Bonchev–Trinajstić information content (AvgIpc) is 2.92. The Morgan fingerprint density at radius 2 is 1.77 bits per heavy atom. The number of hydrogen-bond acceptors (Lipinski definition) is 5. The van der Waals surface area contributed by atoms with Gasteiger partial charge in [0, 0.05) is 41.7 Å². The largest absolute Gasteiger partial charge is 0.496 e. The third-order valence-corrected chi connectivity index (χ3v) is 7.57. The summed E-state index contributed by atoms with van der Waals surface area (Å²) in [7, 11) is 3.25.